The molecule has 1 nitrogen and oxygen atoms in total. The molecule has 0 amide bonds. The summed E-state index contributed by atoms with van der Waals surface area (Å²) in [5.74, 6) is 0.122. The van der Waals surface area contributed by atoms with Gasteiger partial charge in [-0.15, -0.1) is 0 Å². The second-order valence-corrected chi connectivity index (χ2v) is 6.64. The fourth-order valence-electron chi connectivity index (χ4n) is 3.76. The standard InChI is InChI=1S/C21H35FO/c1-5-8-9-10-11-12-16-20(21(6-2,7-3)23-4)18-14-13-15-19(22)17-18/h13-15,17,20H,5-12,16H2,1-4H3. The predicted molar refractivity (Wildman–Crippen MR) is 97.5 cm³/mol. The maximum atomic E-state index is 13.7. The van der Waals surface area contributed by atoms with E-state index < -0.39 is 0 Å². The van der Waals surface area contributed by atoms with Crippen molar-refractivity contribution in [3.05, 3.63) is 35.6 Å². The molecule has 0 aliphatic carbocycles. The van der Waals surface area contributed by atoms with E-state index in [1.807, 2.05) is 6.07 Å². The fraction of sp³-hybridized carbons (Fsp3) is 0.714. The molecular formula is C21H35FO. The molecule has 0 spiro atoms. The Morgan fingerprint density at radius 3 is 2.22 bits per heavy atom. The molecule has 23 heavy (non-hydrogen) atoms. The van der Waals surface area contributed by atoms with E-state index in [1.165, 1.54) is 44.6 Å². The Kier molecular flexibility index (Phi) is 9.47. The third-order valence-corrected chi connectivity index (χ3v) is 5.34. The van der Waals surface area contributed by atoms with Crippen LogP contribution < -0.4 is 0 Å². The van der Waals surface area contributed by atoms with Crippen molar-refractivity contribution in [1.29, 1.82) is 0 Å². The second-order valence-electron chi connectivity index (χ2n) is 6.64. The highest BCUT2D eigenvalue weighted by molar-refractivity contribution is 5.24. The molecule has 0 radical (unpaired) electrons. The van der Waals surface area contributed by atoms with Gasteiger partial charge in [0.2, 0.25) is 0 Å². The lowest BCUT2D eigenvalue weighted by molar-refractivity contribution is -0.0425. The second kappa shape index (κ2) is 10.8. The molecule has 0 N–H and O–H groups in total. The molecule has 0 aromatic heterocycles. The van der Waals surface area contributed by atoms with Gasteiger partial charge in [-0.05, 0) is 37.0 Å². The third kappa shape index (κ3) is 5.91. The summed E-state index contributed by atoms with van der Waals surface area (Å²) in [6.45, 7) is 6.61. The van der Waals surface area contributed by atoms with Gasteiger partial charge in [0.05, 0.1) is 5.60 Å². The summed E-state index contributed by atoms with van der Waals surface area (Å²) in [5, 5.41) is 0. The Balaban J connectivity index is 2.81. The van der Waals surface area contributed by atoms with Crippen LogP contribution in [0.15, 0.2) is 24.3 Å². The number of benzene rings is 1. The monoisotopic (exact) mass is 322 g/mol. The van der Waals surface area contributed by atoms with Crippen LogP contribution in [0.25, 0.3) is 0 Å². The molecule has 1 atom stereocenters. The van der Waals surface area contributed by atoms with Crippen molar-refractivity contribution >= 4 is 0 Å². The van der Waals surface area contributed by atoms with E-state index in [9.17, 15) is 4.39 Å². The highest BCUT2D eigenvalue weighted by Crippen LogP contribution is 2.40. The number of hydrogen-bond acceptors (Lipinski definition) is 1. The van der Waals surface area contributed by atoms with Crippen LogP contribution in [-0.2, 0) is 4.74 Å². The van der Waals surface area contributed by atoms with Crippen LogP contribution in [0.5, 0.6) is 0 Å². The number of hydrogen-bond donors (Lipinski definition) is 0. The molecule has 0 bridgehead atoms. The first-order valence-corrected chi connectivity index (χ1v) is 9.44. The molecule has 1 rings (SSSR count). The normalized spacial score (nSPS) is 13.3. The number of rotatable bonds is 12. The molecule has 0 fully saturated rings. The highest BCUT2D eigenvalue weighted by atomic mass is 19.1. The Hall–Kier alpha value is -0.890. The van der Waals surface area contributed by atoms with Gasteiger partial charge < -0.3 is 4.74 Å². The number of unbranched alkanes of at least 4 members (excludes halogenated alkanes) is 5. The average Bonchev–Trinajstić information content (AvgIpc) is 2.57. The Bertz CT molecular complexity index is 417. The summed E-state index contributed by atoms with van der Waals surface area (Å²) < 4.78 is 19.7. The van der Waals surface area contributed by atoms with Crippen LogP contribution in [0.1, 0.15) is 90.0 Å². The quantitative estimate of drug-likeness (QED) is 0.382. The average molecular weight is 323 g/mol. The van der Waals surface area contributed by atoms with E-state index in [2.05, 4.69) is 26.8 Å². The first kappa shape index (κ1) is 20.2. The molecule has 2 heteroatoms. The molecule has 1 unspecified atom stereocenters. The zero-order chi connectivity index (χ0) is 17.1. The Morgan fingerprint density at radius 2 is 1.65 bits per heavy atom. The summed E-state index contributed by atoms with van der Waals surface area (Å²) in [4.78, 5) is 0. The number of halogens is 1. The van der Waals surface area contributed by atoms with E-state index in [-0.39, 0.29) is 17.3 Å². The summed E-state index contributed by atoms with van der Waals surface area (Å²) in [6, 6.07) is 7.10. The lowest BCUT2D eigenvalue weighted by Crippen LogP contribution is -2.37. The van der Waals surface area contributed by atoms with Gasteiger partial charge in [-0.25, -0.2) is 4.39 Å². The van der Waals surface area contributed by atoms with E-state index >= 15 is 0 Å². The predicted octanol–water partition coefficient (Wildman–Crippen LogP) is 6.87. The topological polar surface area (TPSA) is 9.23 Å². The molecule has 0 aliphatic heterocycles. The van der Waals surface area contributed by atoms with Crippen molar-refractivity contribution in [2.45, 2.75) is 90.1 Å². The van der Waals surface area contributed by atoms with Gasteiger partial charge in [0.25, 0.3) is 0 Å². The zero-order valence-corrected chi connectivity index (χ0v) is 15.5. The lowest BCUT2D eigenvalue weighted by atomic mass is 9.75. The van der Waals surface area contributed by atoms with Crippen LogP contribution >= 0.6 is 0 Å². The maximum Gasteiger partial charge on any atom is 0.123 e. The Labute approximate surface area is 142 Å². The van der Waals surface area contributed by atoms with Gasteiger partial charge in [0.1, 0.15) is 5.82 Å². The molecule has 0 heterocycles. The van der Waals surface area contributed by atoms with E-state index in [0.29, 0.717) is 0 Å². The zero-order valence-electron chi connectivity index (χ0n) is 15.5. The molecule has 0 saturated carbocycles. The smallest absolute Gasteiger partial charge is 0.123 e. The summed E-state index contributed by atoms with van der Waals surface area (Å²) in [5.41, 5.74) is 0.904. The summed E-state index contributed by atoms with van der Waals surface area (Å²) in [7, 11) is 1.81. The van der Waals surface area contributed by atoms with E-state index in [4.69, 9.17) is 4.74 Å². The van der Waals surface area contributed by atoms with Crippen LogP contribution in [-0.4, -0.2) is 12.7 Å². The minimum absolute atomic E-state index is 0.146. The Morgan fingerprint density at radius 1 is 1.00 bits per heavy atom. The maximum absolute atomic E-state index is 13.7. The third-order valence-electron chi connectivity index (χ3n) is 5.34. The molecule has 0 saturated heterocycles. The molecular weight excluding hydrogens is 287 g/mol. The fourth-order valence-corrected chi connectivity index (χ4v) is 3.76. The van der Waals surface area contributed by atoms with Crippen molar-refractivity contribution in [3.8, 4) is 0 Å². The molecule has 1 aromatic carbocycles. The lowest BCUT2D eigenvalue weighted by Gasteiger charge is -2.39. The van der Waals surface area contributed by atoms with Crippen molar-refractivity contribution in [2.75, 3.05) is 7.11 Å². The van der Waals surface area contributed by atoms with E-state index in [1.54, 1.807) is 13.2 Å². The van der Waals surface area contributed by atoms with Gasteiger partial charge >= 0.3 is 0 Å². The molecule has 132 valence electrons. The first-order valence-electron chi connectivity index (χ1n) is 9.44. The van der Waals surface area contributed by atoms with Gasteiger partial charge in [-0.2, -0.15) is 0 Å². The van der Waals surface area contributed by atoms with Gasteiger partial charge in [0.15, 0.2) is 0 Å². The van der Waals surface area contributed by atoms with Crippen LogP contribution in [0.4, 0.5) is 4.39 Å². The summed E-state index contributed by atoms with van der Waals surface area (Å²) >= 11 is 0. The van der Waals surface area contributed by atoms with Gasteiger partial charge in [-0.1, -0.05) is 71.4 Å². The van der Waals surface area contributed by atoms with Gasteiger partial charge in [-0.3, -0.25) is 0 Å². The van der Waals surface area contributed by atoms with Crippen molar-refractivity contribution in [2.24, 2.45) is 0 Å². The van der Waals surface area contributed by atoms with Crippen molar-refractivity contribution in [1.82, 2.24) is 0 Å². The van der Waals surface area contributed by atoms with Crippen molar-refractivity contribution < 1.29 is 9.13 Å². The number of methoxy groups -OCH3 is 1. The minimum Gasteiger partial charge on any atom is -0.378 e. The van der Waals surface area contributed by atoms with Crippen LogP contribution in [0.3, 0.4) is 0 Å². The molecule has 1 aromatic rings. The van der Waals surface area contributed by atoms with Crippen LogP contribution in [0, 0.1) is 5.82 Å². The van der Waals surface area contributed by atoms with Gasteiger partial charge in [0, 0.05) is 13.0 Å². The SMILES string of the molecule is CCCCCCCCC(c1cccc(F)c1)C(CC)(CC)OC. The van der Waals surface area contributed by atoms with Crippen LogP contribution in [0.2, 0.25) is 0 Å². The van der Waals surface area contributed by atoms with Crippen molar-refractivity contribution in [3.63, 3.8) is 0 Å². The largest absolute Gasteiger partial charge is 0.378 e. The summed E-state index contributed by atoms with van der Waals surface area (Å²) in [6.07, 6.45) is 10.7. The minimum atomic E-state index is -0.183. The molecule has 0 aliphatic rings. The first-order chi connectivity index (χ1) is 11.1. The highest BCUT2D eigenvalue weighted by Gasteiger charge is 2.36. The number of ether oxygens (including phenoxy) is 1. The van der Waals surface area contributed by atoms with E-state index in [0.717, 1.165) is 24.8 Å².